The van der Waals surface area contributed by atoms with Gasteiger partial charge < -0.3 is 10.1 Å². The van der Waals surface area contributed by atoms with E-state index < -0.39 is 16.2 Å². The number of halogens is 1. The first kappa shape index (κ1) is 19.8. The second kappa shape index (κ2) is 7.57. The topological polar surface area (TPSA) is 148 Å². The lowest BCUT2D eigenvalue weighted by Gasteiger charge is -2.28. The highest BCUT2D eigenvalue weighted by Crippen LogP contribution is 2.33. The molecular formula is C18H21ClN2O6. The van der Waals surface area contributed by atoms with Crippen LogP contribution in [0.2, 0.25) is 0 Å². The highest BCUT2D eigenvalue weighted by atomic mass is 35.7. The lowest BCUT2D eigenvalue weighted by Crippen LogP contribution is -2.68. The van der Waals surface area contributed by atoms with Gasteiger partial charge in [-0.25, -0.2) is 23.2 Å². The van der Waals surface area contributed by atoms with Crippen molar-refractivity contribution in [2.24, 2.45) is 11.8 Å². The van der Waals surface area contributed by atoms with Crippen molar-refractivity contribution in [1.29, 1.82) is 0 Å². The van der Waals surface area contributed by atoms with Crippen LogP contribution in [-0.2, 0) is 11.2 Å². The van der Waals surface area contributed by atoms with Crippen LogP contribution >= 0.6 is 0 Å². The number of fused-ring (bicyclic) bond motifs is 4. The summed E-state index contributed by atoms with van der Waals surface area (Å²) in [4.78, 5) is 15.1. The third kappa shape index (κ3) is 4.31. The molecule has 2 atom stereocenters. The molecule has 0 bridgehead atoms. The summed E-state index contributed by atoms with van der Waals surface area (Å²) in [5, 5.41) is 10.8. The number of rotatable bonds is 2. The molecule has 0 saturated heterocycles. The van der Waals surface area contributed by atoms with Gasteiger partial charge in [0.2, 0.25) is 5.71 Å². The molecule has 1 aromatic carbocycles. The highest BCUT2D eigenvalue weighted by Gasteiger charge is 2.41. The number of H-pyrrole nitrogens is 1. The molecule has 2 N–H and O–H groups in total. The lowest BCUT2D eigenvalue weighted by molar-refractivity contribution is -2.00. The number of carboxylic acids is 1. The van der Waals surface area contributed by atoms with E-state index in [1.165, 1.54) is 22.4 Å². The molecule has 2 unspecified atom stereocenters. The Morgan fingerprint density at radius 1 is 1.26 bits per heavy atom. The van der Waals surface area contributed by atoms with Gasteiger partial charge in [-0.15, -0.1) is 10.2 Å². The number of carboxylic acid groups (broad SMARTS) is 1. The fraction of sp³-hybridized carbons (Fsp3) is 0.444. The molecule has 1 aromatic heterocycles. The number of aliphatic carboxylic acids is 1. The van der Waals surface area contributed by atoms with E-state index in [0.717, 1.165) is 37.9 Å². The standard InChI is InChI=1S/C18H20N2O2.ClHO4/c1-11(18(21)22)12-6-4-9-20-10-8-14-13-5-2-3-7-15(13)19-16(14)17(12)20;2-1(3,4)5/h2-3,5,7,11-12H,4,6,8-10H2,1H3,(H,21,22);(H,2,3,4,5). The third-order valence-electron chi connectivity index (χ3n) is 5.33. The van der Waals surface area contributed by atoms with Gasteiger partial charge >= 0.3 is 5.97 Å². The Morgan fingerprint density at radius 2 is 1.93 bits per heavy atom. The number of nitrogens with one attached hydrogen (secondary N) is 1. The largest absolute Gasteiger partial charge is 0.481 e. The molecule has 146 valence electrons. The van der Waals surface area contributed by atoms with Crippen molar-refractivity contribution in [2.75, 3.05) is 13.1 Å². The Hall–Kier alpha value is -1.97. The molecule has 0 saturated carbocycles. The van der Waals surface area contributed by atoms with Crippen LogP contribution in [0.4, 0.5) is 0 Å². The van der Waals surface area contributed by atoms with E-state index in [1.54, 1.807) is 0 Å². The molecule has 27 heavy (non-hydrogen) atoms. The van der Waals surface area contributed by atoms with Crippen LogP contribution in [0.3, 0.4) is 0 Å². The summed E-state index contributed by atoms with van der Waals surface area (Å²) in [6.45, 7) is 3.90. The van der Waals surface area contributed by atoms with Crippen LogP contribution < -0.4 is 18.6 Å². The van der Waals surface area contributed by atoms with Gasteiger partial charge in [0.1, 0.15) is 18.8 Å². The van der Waals surface area contributed by atoms with Gasteiger partial charge in [-0.05, 0) is 18.1 Å². The van der Waals surface area contributed by atoms with Gasteiger partial charge in [-0.3, -0.25) is 4.79 Å². The number of para-hydroxylation sites is 1. The zero-order valence-electron chi connectivity index (χ0n) is 14.8. The molecular weight excluding hydrogens is 376 g/mol. The van der Waals surface area contributed by atoms with E-state index in [0.29, 0.717) is 0 Å². The van der Waals surface area contributed by atoms with Crippen LogP contribution in [0.5, 0.6) is 0 Å². The molecule has 9 heteroatoms. The number of nitrogens with zero attached hydrogens (tertiary/aromatic N) is 1. The fourth-order valence-electron chi connectivity index (χ4n) is 4.15. The summed E-state index contributed by atoms with van der Waals surface area (Å²) in [6, 6.07) is 8.40. The Kier molecular flexibility index (Phi) is 5.55. The minimum absolute atomic E-state index is 0.110. The van der Waals surface area contributed by atoms with Crippen LogP contribution in [0.25, 0.3) is 10.9 Å². The van der Waals surface area contributed by atoms with Gasteiger partial charge in [0.15, 0.2) is 0 Å². The van der Waals surface area contributed by atoms with Crippen molar-refractivity contribution >= 4 is 22.6 Å². The lowest BCUT2D eigenvalue weighted by atomic mass is 9.80. The third-order valence-corrected chi connectivity index (χ3v) is 5.33. The normalized spacial score (nSPS) is 20.4. The fourth-order valence-corrected chi connectivity index (χ4v) is 4.15. The predicted molar refractivity (Wildman–Crippen MR) is 85.6 cm³/mol. The van der Waals surface area contributed by atoms with Gasteiger partial charge in [0, 0.05) is 23.7 Å². The molecule has 0 radical (unpaired) electrons. The number of aromatic nitrogens is 1. The van der Waals surface area contributed by atoms with Crippen molar-refractivity contribution in [3.8, 4) is 0 Å². The Labute approximate surface area is 158 Å². The first-order chi connectivity index (χ1) is 12.7. The van der Waals surface area contributed by atoms with Crippen molar-refractivity contribution in [2.45, 2.75) is 26.2 Å². The molecule has 0 aliphatic carbocycles. The number of hydrogen-bond donors (Lipinski definition) is 2. The minimum Gasteiger partial charge on any atom is -0.481 e. The smallest absolute Gasteiger partial charge is 0.307 e. The van der Waals surface area contributed by atoms with Crippen LogP contribution in [0, 0.1) is 22.1 Å². The Morgan fingerprint density at radius 3 is 2.59 bits per heavy atom. The van der Waals surface area contributed by atoms with E-state index in [9.17, 15) is 9.90 Å². The molecule has 2 aliphatic rings. The first-order valence-corrected chi connectivity index (χ1v) is 9.96. The summed E-state index contributed by atoms with van der Waals surface area (Å²) >= 11 is 0. The second-order valence-electron chi connectivity index (χ2n) is 6.90. The zero-order chi connectivity index (χ0) is 19.8. The van der Waals surface area contributed by atoms with Crippen molar-refractivity contribution < 1.29 is 43.4 Å². The average molecular weight is 397 g/mol. The SMILES string of the molecule is CC(C(=O)O)C1CCC[N+]2=C1c1[nH]c3ccccc3c1CC2.[O-][Cl+3]([O-])([O-])[O-]. The Bertz CT molecular complexity index is 880. The highest BCUT2D eigenvalue weighted by molar-refractivity contribution is 6.05. The molecule has 0 fully saturated rings. The molecule has 4 rings (SSSR count). The van der Waals surface area contributed by atoms with Gasteiger partial charge in [-0.1, -0.05) is 25.1 Å². The molecule has 2 aliphatic heterocycles. The Balaban J connectivity index is 0.000000376. The maximum atomic E-state index is 11.5. The van der Waals surface area contributed by atoms with Crippen LogP contribution in [-0.4, -0.2) is 39.4 Å². The van der Waals surface area contributed by atoms with E-state index in [2.05, 4.69) is 27.8 Å². The summed E-state index contributed by atoms with van der Waals surface area (Å²) in [5.74, 6) is -0.920. The van der Waals surface area contributed by atoms with Crippen molar-refractivity contribution in [1.82, 2.24) is 4.98 Å². The molecule has 3 heterocycles. The van der Waals surface area contributed by atoms with Crippen molar-refractivity contribution in [3.05, 3.63) is 35.5 Å². The van der Waals surface area contributed by atoms with Crippen LogP contribution in [0.1, 0.15) is 31.0 Å². The monoisotopic (exact) mass is 396 g/mol. The zero-order valence-corrected chi connectivity index (χ0v) is 15.6. The van der Waals surface area contributed by atoms with Gasteiger partial charge in [-0.2, -0.15) is 0 Å². The predicted octanol–water partition coefficient (Wildman–Crippen LogP) is -2.10. The van der Waals surface area contributed by atoms with E-state index >= 15 is 0 Å². The summed E-state index contributed by atoms with van der Waals surface area (Å²) in [7, 11) is -4.94. The maximum absolute atomic E-state index is 11.5. The molecule has 2 aromatic rings. The minimum atomic E-state index is -4.94. The number of carbonyl (C=O) groups is 1. The molecule has 0 spiro atoms. The quantitative estimate of drug-likeness (QED) is 0.555. The van der Waals surface area contributed by atoms with E-state index in [-0.39, 0.29) is 11.8 Å². The molecule has 0 amide bonds. The van der Waals surface area contributed by atoms with Gasteiger partial charge in [0.05, 0.1) is 11.8 Å². The summed E-state index contributed by atoms with van der Waals surface area (Å²) < 4.78 is 36.4. The van der Waals surface area contributed by atoms with E-state index in [1.807, 2.05) is 13.0 Å². The second-order valence-corrected chi connectivity index (χ2v) is 7.66. The first-order valence-electron chi connectivity index (χ1n) is 8.73. The van der Waals surface area contributed by atoms with Crippen molar-refractivity contribution in [3.63, 3.8) is 0 Å². The van der Waals surface area contributed by atoms with Gasteiger partial charge in [0.25, 0.3) is 0 Å². The number of aromatic amines is 1. The summed E-state index contributed by atoms with van der Waals surface area (Å²) in [5.41, 5.74) is 4.95. The number of benzene rings is 1. The summed E-state index contributed by atoms with van der Waals surface area (Å²) in [6.07, 6.45) is 3.09. The molecule has 8 nitrogen and oxygen atoms in total. The number of hydrogen-bond acceptors (Lipinski definition) is 5. The van der Waals surface area contributed by atoms with E-state index in [4.69, 9.17) is 18.6 Å². The maximum Gasteiger partial charge on any atom is 0.307 e. The average Bonchev–Trinajstić information content (AvgIpc) is 2.98. The van der Waals surface area contributed by atoms with Crippen LogP contribution in [0.15, 0.2) is 24.3 Å².